The van der Waals surface area contributed by atoms with Gasteiger partial charge in [0.1, 0.15) is 0 Å². The van der Waals surface area contributed by atoms with Crippen molar-refractivity contribution in [1.29, 1.82) is 0 Å². The van der Waals surface area contributed by atoms with E-state index in [2.05, 4.69) is 22.2 Å². The molecule has 1 N–H and O–H groups in total. The number of aromatic nitrogens is 1. The number of nitrogens with one attached hydrogen (secondary N) is 1. The monoisotopic (exact) mass is 269 g/mol. The molecule has 4 heteroatoms. The highest BCUT2D eigenvalue weighted by molar-refractivity contribution is 5.98. The minimum Gasteiger partial charge on any atom is -0.349 e. The van der Waals surface area contributed by atoms with Crippen molar-refractivity contribution in [3.8, 4) is 0 Å². The zero-order valence-corrected chi connectivity index (χ0v) is 11.7. The summed E-state index contributed by atoms with van der Waals surface area (Å²) in [5.74, 6) is 0.0188. The first kappa shape index (κ1) is 13.1. The number of piperidine rings is 1. The van der Waals surface area contributed by atoms with Gasteiger partial charge in [0.25, 0.3) is 5.91 Å². The van der Waals surface area contributed by atoms with Gasteiger partial charge < -0.3 is 10.2 Å². The molecule has 1 aliphatic heterocycles. The van der Waals surface area contributed by atoms with E-state index in [4.69, 9.17) is 0 Å². The number of carbonyl (C=O) groups excluding carboxylic acids is 1. The Morgan fingerprint density at radius 1 is 1.25 bits per heavy atom. The summed E-state index contributed by atoms with van der Waals surface area (Å²) in [5.41, 5.74) is 0.712. The molecule has 2 heterocycles. The highest BCUT2D eigenvalue weighted by atomic mass is 16.1. The normalized spacial score (nSPS) is 17.2. The maximum atomic E-state index is 12.3. The van der Waals surface area contributed by atoms with E-state index in [0.717, 1.165) is 36.7 Å². The number of carbonyl (C=O) groups is 1. The Kier molecular flexibility index (Phi) is 3.65. The summed E-state index contributed by atoms with van der Waals surface area (Å²) in [4.78, 5) is 18.7. The number of nitrogens with zero attached hydrogens (tertiary/aromatic N) is 2. The van der Waals surface area contributed by atoms with Gasteiger partial charge in [-0.05, 0) is 56.6 Å². The van der Waals surface area contributed by atoms with Gasteiger partial charge in [-0.1, -0.05) is 6.07 Å². The van der Waals surface area contributed by atoms with Crippen LogP contribution < -0.4 is 5.32 Å². The molecule has 1 aromatic carbocycles. The van der Waals surface area contributed by atoms with Gasteiger partial charge in [0.05, 0.1) is 0 Å². The molecule has 104 valence electrons. The van der Waals surface area contributed by atoms with Crippen molar-refractivity contribution < 1.29 is 4.79 Å². The lowest BCUT2D eigenvalue weighted by atomic mass is 10.0. The third kappa shape index (κ3) is 2.80. The number of hydrogen-bond donors (Lipinski definition) is 1. The molecule has 0 aliphatic carbocycles. The van der Waals surface area contributed by atoms with E-state index in [-0.39, 0.29) is 5.91 Å². The van der Waals surface area contributed by atoms with E-state index in [1.165, 1.54) is 0 Å². The summed E-state index contributed by atoms with van der Waals surface area (Å²) in [6.45, 7) is 2.10. The van der Waals surface area contributed by atoms with Crippen molar-refractivity contribution in [2.45, 2.75) is 18.9 Å². The average Bonchev–Trinajstić information content (AvgIpc) is 2.49. The highest BCUT2D eigenvalue weighted by Crippen LogP contribution is 2.15. The molecule has 0 unspecified atom stereocenters. The van der Waals surface area contributed by atoms with Crippen LogP contribution in [-0.2, 0) is 0 Å². The van der Waals surface area contributed by atoms with Gasteiger partial charge in [-0.25, -0.2) is 0 Å². The zero-order valence-electron chi connectivity index (χ0n) is 11.7. The lowest BCUT2D eigenvalue weighted by Gasteiger charge is -2.29. The highest BCUT2D eigenvalue weighted by Gasteiger charge is 2.19. The molecule has 0 atom stereocenters. The summed E-state index contributed by atoms with van der Waals surface area (Å²) in [6.07, 6.45) is 5.61. The second-order valence-electron chi connectivity index (χ2n) is 5.49. The minimum absolute atomic E-state index is 0.0188. The maximum absolute atomic E-state index is 12.3. The van der Waals surface area contributed by atoms with Gasteiger partial charge in [-0.3, -0.25) is 9.78 Å². The molecule has 0 bridgehead atoms. The third-order valence-corrected chi connectivity index (χ3v) is 3.96. The summed E-state index contributed by atoms with van der Waals surface area (Å²) in [6, 6.07) is 8.01. The molecule has 0 saturated carbocycles. The topological polar surface area (TPSA) is 45.2 Å². The number of hydrogen-bond acceptors (Lipinski definition) is 3. The second-order valence-corrected chi connectivity index (χ2v) is 5.49. The van der Waals surface area contributed by atoms with Crippen LogP contribution in [0.1, 0.15) is 23.2 Å². The van der Waals surface area contributed by atoms with Crippen LogP contribution in [0.25, 0.3) is 10.8 Å². The standard InChI is InChI=1S/C16H19N3O/c1-19-8-5-15(6-9-19)18-16(20)13-3-2-12-4-7-17-11-14(12)10-13/h2-4,7,10-11,15H,5-6,8-9H2,1H3,(H,18,20). The Labute approximate surface area is 118 Å². The van der Waals surface area contributed by atoms with Crippen molar-refractivity contribution in [2.24, 2.45) is 0 Å². The second kappa shape index (κ2) is 5.59. The molecule has 0 radical (unpaired) electrons. The fourth-order valence-corrected chi connectivity index (χ4v) is 2.65. The fourth-order valence-electron chi connectivity index (χ4n) is 2.65. The van der Waals surface area contributed by atoms with E-state index in [1.807, 2.05) is 24.3 Å². The van der Waals surface area contributed by atoms with Crippen LogP contribution in [0.4, 0.5) is 0 Å². The van der Waals surface area contributed by atoms with E-state index in [9.17, 15) is 4.79 Å². The van der Waals surface area contributed by atoms with Gasteiger partial charge in [0.15, 0.2) is 0 Å². The van der Waals surface area contributed by atoms with Crippen molar-refractivity contribution in [2.75, 3.05) is 20.1 Å². The molecule has 1 aliphatic rings. The number of amides is 1. The number of pyridine rings is 1. The summed E-state index contributed by atoms with van der Waals surface area (Å²) in [7, 11) is 2.12. The molecule has 0 spiro atoms. The summed E-state index contributed by atoms with van der Waals surface area (Å²) < 4.78 is 0. The van der Waals surface area contributed by atoms with Crippen molar-refractivity contribution in [1.82, 2.24) is 15.2 Å². The zero-order chi connectivity index (χ0) is 13.9. The van der Waals surface area contributed by atoms with Crippen LogP contribution in [0.3, 0.4) is 0 Å². The fraction of sp³-hybridized carbons (Fsp3) is 0.375. The molecule has 1 fully saturated rings. The van der Waals surface area contributed by atoms with Crippen LogP contribution in [0.15, 0.2) is 36.7 Å². The molecule has 4 nitrogen and oxygen atoms in total. The quantitative estimate of drug-likeness (QED) is 0.907. The van der Waals surface area contributed by atoms with Gasteiger partial charge in [0, 0.05) is 29.4 Å². The first-order chi connectivity index (χ1) is 9.72. The number of fused-ring (bicyclic) bond motifs is 1. The van der Waals surface area contributed by atoms with Crippen molar-refractivity contribution >= 4 is 16.7 Å². The molecular formula is C16H19N3O. The Morgan fingerprint density at radius 3 is 2.85 bits per heavy atom. The van der Waals surface area contributed by atoms with Gasteiger partial charge in [0.2, 0.25) is 0 Å². The first-order valence-electron chi connectivity index (χ1n) is 7.05. The molecule has 1 saturated heterocycles. The van der Waals surface area contributed by atoms with E-state index >= 15 is 0 Å². The SMILES string of the molecule is CN1CCC(NC(=O)c2ccc3ccncc3c2)CC1. The van der Waals surface area contributed by atoms with Gasteiger partial charge >= 0.3 is 0 Å². The molecule has 3 rings (SSSR count). The molecule has 1 amide bonds. The Bertz CT molecular complexity index is 618. The molecule has 20 heavy (non-hydrogen) atoms. The molecule has 2 aromatic rings. The predicted molar refractivity (Wildman–Crippen MR) is 79.7 cm³/mol. The van der Waals surface area contributed by atoms with E-state index in [1.54, 1.807) is 12.4 Å². The van der Waals surface area contributed by atoms with Crippen LogP contribution in [0.2, 0.25) is 0 Å². The Balaban J connectivity index is 1.72. The lowest BCUT2D eigenvalue weighted by molar-refractivity contribution is 0.0917. The predicted octanol–water partition coefficient (Wildman–Crippen LogP) is 2.06. The smallest absolute Gasteiger partial charge is 0.251 e. The first-order valence-corrected chi connectivity index (χ1v) is 7.05. The third-order valence-electron chi connectivity index (χ3n) is 3.96. The number of rotatable bonds is 2. The molecular weight excluding hydrogens is 250 g/mol. The largest absolute Gasteiger partial charge is 0.349 e. The summed E-state index contributed by atoms with van der Waals surface area (Å²) >= 11 is 0. The van der Waals surface area contributed by atoms with Gasteiger partial charge in [-0.15, -0.1) is 0 Å². The number of likely N-dealkylation sites (tertiary alicyclic amines) is 1. The maximum Gasteiger partial charge on any atom is 0.251 e. The lowest BCUT2D eigenvalue weighted by Crippen LogP contribution is -2.43. The minimum atomic E-state index is 0.0188. The molecule has 1 aromatic heterocycles. The van der Waals surface area contributed by atoms with Gasteiger partial charge in [-0.2, -0.15) is 0 Å². The van der Waals surface area contributed by atoms with Crippen molar-refractivity contribution in [3.05, 3.63) is 42.2 Å². The van der Waals surface area contributed by atoms with E-state index in [0.29, 0.717) is 11.6 Å². The van der Waals surface area contributed by atoms with Crippen LogP contribution in [-0.4, -0.2) is 42.0 Å². The average molecular weight is 269 g/mol. The van der Waals surface area contributed by atoms with Crippen LogP contribution >= 0.6 is 0 Å². The van der Waals surface area contributed by atoms with E-state index < -0.39 is 0 Å². The van der Waals surface area contributed by atoms with Crippen molar-refractivity contribution in [3.63, 3.8) is 0 Å². The Morgan fingerprint density at radius 2 is 2.05 bits per heavy atom. The summed E-state index contributed by atoms with van der Waals surface area (Å²) in [5, 5.41) is 5.24. The van der Waals surface area contributed by atoms with Crippen LogP contribution in [0.5, 0.6) is 0 Å². The number of benzene rings is 1. The Hall–Kier alpha value is -1.94. The van der Waals surface area contributed by atoms with Crippen LogP contribution in [0, 0.1) is 0 Å².